The molecule has 1 aliphatic heterocycles. The van der Waals surface area contributed by atoms with Crippen molar-refractivity contribution in [1.82, 2.24) is 9.88 Å². The molecule has 2 aromatic rings. The number of nitrogens with zero attached hydrogens (tertiary/aromatic N) is 2. The van der Waals surface area contributed by atoms with E-state index in [1.54, 1.807) is 0 Å². The molecule has 0 saturated carbocycles. The van der Waals surface area contributed by atoms with Gasteiger partial charge in [0.1, 0.15) is 6.04 Å². The van der Waals surface area contributed by atoms with Crippen LogP contribution in [0, 0.1) is 0 Å². The molecule has 1 N–H and O–H groups in total. The highest BCUT2D eigenvalue weighted by molar-refractivity contribution is 7.13. The number of thiophene rings is 1. The Labute approximate surface area is 125 Å². The van der Waals surface area contributed by atoms with Gasteiger partial charge in [-0.25, -0.2) is 9.78 Å². The first kappa shape index (κ1) is 13.8. The van der Waals surface area contributed by atoms with Crippen LogP contribution < -0.4 is 0 Å². The van der Waals surface area contributed by atoms with Crippen LogP contribution in [0.1, 0.15) is 29.8 Å². The fourth-order valence-electron chi connectivity index (χ4n) is 2.55. The van der Waals surface area contributed by atoms with E-state index in [0.717, 1.165) is 17.7 Å². The number of amides is 1. The highest BCUT2D eigenvalue weighted by Gasteiger charge is 2.35. The third kappa shape index (κ3) is 2.56. The van der Waals surface area contributed by atoms with Gasteiger partial charge in [-0.15, -0.1) is 11.3 Å². The van der Waals surface area contributed by atoms with Crippen LogP contribution in [0.2, 0.25) is 0 Å². The zero-order valence-corrected chi connectivity index (χ0v) is 12.0. The number of carbonyl (C=O) groups excluding carboxylic acids is 1. The predicted molar refractivity (Wildman–Crippen MR) is 76.1 cm³/mol. The summed E-state index contributed by atoms with van der Waals surface area (Å²) < 4.78 is 5.32. The van der Waals surface area contributed by atoms with E-state index >= 15 is 0 Å². The minimum absolute atomic E-state index is 0.186. The number of likely N-dealkylation sites (tertiary alicyclic amines) is 1. The van der Waals surface area contributed by atoms with Crippen molar-refractivity contribution in [3.8, 4) is 10.6 Å². The van der Waals surface area contributed by atoms with Gasteiger partial charge in [0.25, 0.3) is 5.91 Å². The number of carboxylic acids is 1. The van der Waals surface area contributed by atoms with E-state index in [1.807, 2.05) is 17.5 Å². The molecule has 1 saturated heterocycles. The van der Waals surface area contributed by atoms with Crippen LogP contribution in [0.3, 0.4) is 0 Å². The first-order valence-corrected chi connectivity index (χ1v) is 7.57. The fraction of sp³-hybridized carbons (Fsp3) is 0.357. The zero-order chi connectivity index (χ0) is 14.8. The SMILES string of the molecule is O=C(O)C1CCCCN1C(=O)c1ncoc1-c1cccs1. The molecule has 0 aliphatic carbocycles. The summed E-state index contributed by atoms with van der Waals surface area (Å²) in [5.74, 6) is -0.937. The van der Waals surface area contributed by atoms with Crippen LogP contribution in [0.5, 0.6) is 0 Å². The summed E-state index contributed by atoms with van der Waals surface area (Å²) in [6, 6.07) is 2.92. The molecule has 6 nitrogen and oxygen atoms in total. The van der Waals surface area contributed by atoms with E-state index < -0.39 is 12.0 Å². The smallest absolute Gasteiger partial charge is 0.326 e. The van der Waals surface area contributed by atoms with Crippen molar-refractivity contribution in [1.29, 1.82) is 0 Å². The van der Waals surface area contributed by atoms with Crippen LogP contribution in [0.4, 0.5) is 0 Å². The summed E-state index contributed by atoms with van der Waals surface area (Å²) in [6.07, 6.45) is 3.33. The maximum Gasteiger partial charge on any atom is 0.326 e. The molecular weight excluding hydrogens is 292 g/mol. The second-order valence-electron chi connectivity index (χ2n) is 4.86. The van der Waals surface area contributed by atoms with Crippen LogP contribution in [-0.4, -0.2) is 39.5 Å². The van der Waals surface area contributed by atoms with Gasteiger partial charge in [0.15, 0.2) is 17.8 Å². The van der Waals surface area contributed by atoms with Crippen molar-refractivity contribution < 1.29 is 19.1 Å². The normalized spacial score (nSPS) is 18.7. The third-order valence-electron chi connectivity index (χ3n) is 3.56. The summed E-state index contributed by atoms with van der Waals surface area (Å²) in [5, 5.41) is 11.2. The molecule has 0 aromatic carbocycles. The summed E-state index contributed by atoms with van der Waals surface area (Å²) in [5.41, 5.74) is 0.186. The number of aliphatic carboxylic acids is 1. The lowest BCUT2D eigenvalue weighted by molar-refractivity contribution is -0.143. The van der Waals surface area contributed by atoms with Gasteiger partial charge in [-0.05, 0) is 30.7 Å². The van der Waals surface area contributed by atoms with Gasteiger partial charge in [-0.3, -0.25) is 4.79 Å². The van der Waals surface area contributed by atoms with Gasteiger partial charge >= 0.3 is 5.97 Å². The van der Waals surface area contributed by atoms with Gasteiger partial charge in [0.05, 0.1) is 4.88 Å². The number of aromatic nitrogens is 1. The van der Waals surface area contributed by atoms with Gasteiger partial charge in [-0.2, -0.15) is 0 Å². The molecule has 3 rings (SSSR count). The molecule has 1 atom stereocenters. The van der Waals surface area contributed by atoms with Crippen molar-refractivity contribution in [2.24, 2.45) is 0 Å². The number of piperidine rings is 1. The number of oxazole rings is 1. The molecule has 0 spiro atoms. The molecule has 1 unspecified atom stereocenters. The van der Waals surface area contributed by atoms with Crippen LogP contribution in [0.25, 0.3) is 10.6 Å². The predicted octanol–water partition coefficient (Wildman–Crippen LogP) is 2.48. The van der Waals surface area contributed by atoms with Crippen LogP contribution in [0.15, 0.2) is 28.3 Å². The van der Waals surface area contributed by atoms with Gasteiger partial charge in [-0.1, -0.05) is 6.07 Å². The Hall–Kier alpha value is -2.15. The lowest BCUT2D eigenvalue weighted by atomic mass is 10.0. The van der Waals surface area contributed by atoms with Crippen molar-refractivity contribution in [2.75, 3.05) is 6.54 Å². The largest absolute Gasteiger partial charge is 0.480 e. The van der Waals surface area contributed by atoms with E-state index in [9.17, 15) is 14.7 Å². The molecule has 21 heavy (non-hydrogen) atoms. The molecule has 7 heteroatoms. The van der Waals surface area contributed by atoms with Crippen molar-refractivity contribution in [3.05, 3.63) is 29.6 Å². The summed E-state index contributed by atoms with van der Waals surface area (Å²) in [4.78, 5) is 30.1. The average Bonchev–Trinajstić information content (AvgIpc) is 3.16. The highest BCUT2D eigenvalue weighted by Crippen LogP contribution is 2.29. The fourth-order valence-corrected chi connectivity index (χ4v) is 3.26. The van der Waals surface area contributed by atoms with E-state index in [0.29, 0.717) is 18.7 Å². The molecule has 2 aromatic heterocycles. The minimum Gasteiger partial charge on any atom is -0.480 e. The topological polar surface area (TPSA) is 83.6 Å². The van der Waals surface area contributed by atoms with E-state index in [-0.39, 0.29) is 11.6 Å². The molecule has 0 radical (unpaired) electrons. The van der Waals surface area contributed by atoms with Gasteiger partial charge < -0.3 is 14.4 Å². The highest BCUT2D eigenvalue weighted by atomic mass is 32.1. The maximum atomic E-state index is 12.6. The second-order valence-corrected chi connectivity index (χ2v) is 5.80. The lowest BCUT2D eigenvalue weighted by Crippen LogP contribution is -2.48. The summed E-state index contributed by atoms with van der Waals surface area (Å²) >= 11 is 1.45. The Bertz CT molecular complexity index is 650. The van der Waals surface area contributed by atoms with Crippen LogP contribution >= 0.6 is 11.3 Å². The number of carboxylic acid groups (broad SMARTS) is 1. The molecule has 0 bridgehead atoms. The van der Waals surface area contributed by atoms with Gasteiger partial charge in [0, 0.05) is 6.54 Å². The van der Waals surface area contributed by atoms with Crippen LogP contribution in [-0.2, 0) is 4.79 Å². The first-order valence-electron chi connectivity index (χ1n) is 6.69. The quantitative estimate of drug-likeness (QED) is 0.941. The molecule has 3 heterocycles. The number of rotatable bonds is 3. The minimum atomic E-state index is -0.968. The summed E-state index contributed by atoms with van der Waals surface area (Å²) in [7, 11) is 0. The monoisotopic (exact) mass is 306 g/mol. The Morgan fingerprint density at radius 3 is 3.00 bits per heavy atom. The zero-order valence-electron chi connectivity index (χ0n) is 11.2. The second kappa shape index (κ2) is 5.69. The molecular formula is C14H14N2O4S. The molecule has 1 amide bonds. The Balaban J connectivity index is 1.92. The molecule has 1 aliphatic rings. The van der Waals surface area contributed by atoms with Crippen molar-refractivity contribution in [3.63, 3.8) is 0 Å². The maximum absolute atomic E-state index is 12.6. The van der Waals surface area contributed by atoms with E-state index in [4.69, 9.17) is 4.42 Å². The first-order chi connectivity index (χ1) is 10.2. The Morgan fingerprint density at radius 1 is 1.43 bits per heavy atom. The van der Waals surface area contributed by atoms with Crippen molar-refractivity contribution in [2.45, 2.75) is 25.3 Å². The molecule has 110 valence electrons. The molecule has 1 fully saturated rings. The Morgan fingerprint density at radius 2 is 2.29 bits per heavy atom. The Kier molecular flexibility index (Phi) is 3.74. The number of hydrogen-bond donors (Lipinski definition) is 1. The van der Waals surface area contributed by atoms with Crippen molar-refractivity contribution >= 4 is 23.2 Å². The summed E-state index contributed by atoms with van der Waals surface area (Å²) in [6.45, 7) is 0.437. The van der Waals surface area contributed by atoms with Gasteiger partial charge in [0.2, 0.25) is 0 Å². The number of hydrogen-bond acceptors (Lipinski definition) is 5. The number of carbonyl (C=O) groups is 2. The lowest BCUT2D eigenvalue weighted by Gasteiger charge is -2.32. The van der Waals surface area contributed by atoms with E-state index in [1.165, 1.54) is 22.6 Å². The third-order valence-corrected chi connectivity index (χ3v) is 4.43. The van der Waals surface area contributed by atoms with E-state index in [2.05, 4.69) is 4.98 Å². The average molecular weight is 306 g/mol. The standard InChI is InChI=1S/C14H14N2O4S/c17-13(16-6-2-1-4-9(16)14(18)19)11-12(20-8-15-11)10-5-3-7-21-10/h3,5,7-9H,1-2,4,6H2,(H,18,19).